The van der Waals surface area contributed by atoms with E-state index in [9.17, 15) is 4.39 Å². The third kappa shape index (κ3) is 1.53. The molecule has 1 aromatic carbocycles. The summed E-state index contributed by atoms with van der Waals surface area (Å²) in [5.74, 6) is -0.735. The van der Waals surface area contributed by atoms with Crippen molar-refractivity contribution in [3.63, 3.8) is 0 Å². The van der Waals surface area contributed by atoms with Crippen molar-refractivity contribution in [1.82, 2.24) is 0 Å². The molecule has 1 nitrogen and oxygen atoms in total. The van der Waals surface area contributed by atoms with E-state index in [1.165, 1.54) is 6.07 Å². The average molecular weight is 214 g/mol. The Morgan fingerprint density at radius 1 is 1.18 bits per heavy atom. The van der Waals surface area contributed by atoms with Crippen molar-refractivity contribution in [3.05, 3.63) is 27.0 Å². The predicted molar refractivity (Wildman–Crippen MR) is 45.8 cm³/mol. The topological polar surface area (TPSA) is 26.0 Å². The van der Waals surface area contributed by atoms with Crippen LogP contribution >= 0.6 is 34.8 Å². The average Bonchev–Trinajstić information content (AvgIpc) is 1.97. The molecule has 2 N–H and O–H groups in total. The first-order valence-electron chi connectivity index (χ1n) is 2.62. The molecule has 5 heteroatoms. The van der Waals surface area contributed by atoms with E-state index in [1.54, 1.807) is 0 Å². The van der Waals surface area contributed by atoms with Crippen LogP contribution in [0.4, 0.5) is 10.1 Å². The largest absolute Gasteiger partial charge is 0.395 e. The molecule has 0 amide bonds. The van der Waals surface area contributed by atoms with Crippen molar-refractivity contribution in [2.24, 2.45) is 0 Å². The van der Waals surface area contributed by atoms with Crippen LogP contribution in [0.25, 0.3) is 0 Å². The van der Waals surface area contributed by atoms with Gasteiger partial charge < -0.3 is 5.73 Å². The van der Waals surface area contributed by atoms with Gasteiger partial charge in [-0.05, 0) is 6.07 Å². The lowest BCUT2D eigenvalue weighted by atomic mass is 10.3. The Morgan fingerprint density at radius 3 is 2.27 bits per heavy atom. The van der Waals surface area contributed by atoms with Crippen LogP contribution in [0.1, 0.15) is 0 Å². The molecule has 60 valence electrons. The van der Waals surface area contributed by atoms with Gasteiger partial charge in [0.25, 0.3) is 0 Å². The fourth-order valence-electron chi connectivity index (χ4n) is 0.592. The fourth-order valence-corrected chi connectivity index (χ4v) is 1.21. The maximum Gasteiger partial charge on any atom is 0.166 e. The van der Waals surface area contributed by atoms with Crippen LogP contribution in [0.5, 0.6) is 0 Å². The minimum atomic E-state index is -0.735. The number of hydrogen-bond acceptors (Lipinski definition) is 1. The molecule has 0 radical (unpaired) electrons. The fraction of sp³-hybridized carbons (Fsp3) is 0. The van der Waals surface area contributed by atoms with E-state index in [-0.39, 0.29) is 20.8 Å². The third-order valence-electron chi connectivity index (χ3n) is 1.15. The Hall–Kier alpha value is -0.180. The first-order chi connectivity index (χ1) is 5.04. The van der Waals surface area contributed by atoms with Crippen LogP contribution < -0.4 is 5.73 Å². The van der Waals surface area contributed by atoms with E-state index in [0.717, 1.165) is 0 Å². The number of halogens is 4. The molecule has 1 rings (SSSR count). The van der Waals surface area contributed by atoms with Crippen LogP contribution in [0.15, 0.2) is 6.07 Å². The summed E-state index contributed by atoms with van der Waals surface area (Å²) in [5.41, 5.74) is 4.99. The molecule has 0 aliphatic heterocycles. The van der Waals surface area contributed by atoms with Crippen LogP contribution in [0, 0.1) is 5.82 Å². The molecule has 11 heavy (non-hydrogen) atoms. The Bertz CT molecular complexity index is 274. The van der Waals surface area contributed by atoms with Gasteiger partial charge in [0.05, 0.1) is 20.8 Å². The van der Waals surface area contributed by atoms with Crippen LogP contribution in [0.2, 0.25) is 15.1 Å². The maximum atomic E-state index is 12.8. The molecule has 1 aromatic rings. The summed E-state index contributed by atoms with van der Waals surface area (Å²) in [4.78, 5) is 0. The molecule has 0 fully saturated rings. The Kier molecular flexibility index (Phi) is 2.47. The van der Waals surface area contributed by atoms with Crippen LogP contribution in [-0.2, 0) is 0 Å². The number of benzene rings is 1. The van der Waals surface area contributed by atoms with Gasteiger partial charge in [0, 0.05) is 0 Å². The van der Waals surface area contributed by atoms with Crippen molar-refractivity contribution in [3.8, 4) is 0 Å². The molecular weight excluding hydrogens is 211 g/mol. The zero-order valence-electron chi connectivity index (χ0n) is 5.17. The standard InChI is InChI=1S/C6H3Cl3FN/c7-2-1-3(8)5(10)6(11)4(2)9/h1H,11H2. The Labute approximate surface area is 77.8 Å². The molecule has 0 atom stereocenters. The van der Waals surface area contributed by atoms with E-state index >= 15 is 0 Å². The zero-order chi connectivity index (χ0) is 8.59. The highest BCUT2D eigenvalue weighted by molar-refractivity contribution is 6.44. The maximum absolute atomic E-state index is 12.8. The molecule has 0 unspecified atom stereocenters. The summed E-state index contributed by atoms with van der Waals surface area (Å²) in [6, 6.07) is 1.21. The van der Waals surface area contributed by atoms with Crippen LogP contribution in [0.3, 0.4) is 0 Å². The highest BCUT2D eigenvalue weighted by atomic mass is 35.5. The molecule has 0 saturated carbocycles. The molecule has 0 heterocycles. The normalized spacial score (nSPS) is 10.2. The van der Waals surface area contributed by atoms with Gasteiger partial charge in [-0.1, -0.05) is 34.8 Å². The number of nitrogens with two attached hydrogens (primary N) is 1. The van der Waals surface area contributed by atoms with Crippen molar-refractivity contribution < 1.29 is 4.39 Å². The van der Waals surface area contributed by atoms with Gasteiger partial charge >= 0.3 is 0 Å². The molecule has 0 aliphatic rings. The quantitative estimate of drug-likeness (QED) is 0.520. The van der Waals surface area contributed by atoms with Crippen LogP contribution in [-0.4, -0.2) is 0 Å². The smallest absolute Gasteiger partial charge is 0.166 e. The summed E-state index contributed by atoms with van der Waals surface area (Å²) < 4.78 is 12.8. The van der Waals surface area contributed by atoms with Crippen molar-refractivity contribution in [1.29, 1.82) is 0 Å². The number of hydrogen-bond donors (Lipinski definition) is 1. The number of anilines is 1. The Morgan fingerprint density at radius 2 is 1.73 bits per heavy atom. The zero-order valence-corrected chi connectivity index (χ0v) is 7.43. The second-order valence-corrected chi connectivity index (χ2v) is 3.07. The van der Waals surface area contributed by atoms with Gasteiger partial charge in [-0.15, -0.1) is 0 Å². The summed E-state index contributed by atoms with van der Waals surface area (Å²) >= 11 is 16.4. The van der Waals surface area contributed by atoms with E-state index < -0.39 is 5.82 Å². The summed E-state index contributed by atoms with van der Waals surface area (Å²) in [6.07, 6.45) is 0. The van der Waals surface area contributed by atoms with E-state index in [4.69, 9.17) is 40.5 Å². The highest BCUT2D eigenvalue weighted by Gasteiger charge is 2.11. The van der Waals surface area contributed by atoms with Gasteiger partial charge in [0.2, 0.25) is 0 Å². The molecule has 0 aromatic heterocycles. The summed E-state index contributed by atoms with van der Waals surface area (Å²) in [6.45, 7) is 0. The van der Waals surface area contributed by atoms with Gasteiger partial charge in [-0.2, -0.15) is 0 Å². The van der Waals surface area contributed by atoms with Crippen molar-refractivity contribution in [2.45, 2.75) is 0 Å². The minimum Gasteiger partial charge on any atom is -0.395 e. The van der Waals surface area contributed by atoms with Gasteiger partial charge in [-0.25, -0.2) is 4.39 Å². The van der Waals surface area contributed by atoms with E-state index in [0.29, 0.717) is 0 Å². The van der Waals surface area contributed by atoms with Gasteiger partial charge in [0.15, 0.2) is 5.82 Å². The Balaban J connectivity index is 3.46. The van der Waals surface area contributed by atoms with E-state index in [2.05, 4.69) is 0 Å². The lowest BCUT2D eigenvalue weighted by molar-refractivity contribution is 0.633. The second-order valence-electron chi connectivity index (χ2n) is 1.88. The van der Waals surface area contributed by atoms with E-state index in [1.807, 2.05) is 0 Å². The predicted octanol–water partition coefficient (Wildman–Crippen LogP) is 3.37. The minimum absolute atomic E-state index is 0.00596. The molecular formula is C6H3Cl3FN. The lowest BCUT2D eigenvalue weighted by Crippen LogP contribution is -1.92. The number of rotatable bonds is 0. The van der Waals surface area contributed by atoms with Crippen molar-refractivity contribution in [2.75, 3.05) is 5.73 Å². The summed E-state index contributed by atoms with van der Waals surface area (Å²) in [5, 5.41) is 0.0148. The molecule has 0 saturated heterocycles. The third-order valence-corrected chi connectivity index (χ3v) is 2.22. The first kappa shape index (κ1) is 8.91. The second kappa shape index (κ2) is 3.05. The monoisotopic (exact) mass is 213 g/mol. The molecule has 0 spiro atoms. The van der Waals surface area contributed by atoms with Gasteiger partial charge in [-0.3, -0.25) is 0 Å². The van der Waals surface area contributed by atoms with Gasteiger partial charge in [0.1, 0.15) is 0 Å². The molecule has 0 aliphatic carbocycles. The first-order valence-corrected chi connectivity index (χ1v) is 3.76. The summed E-state index contributed by atoms with van der Waals surface area (Å²) in [7, 11) is 0. The SMILES string of the molecule is Nc1c(F)c(Cl)cc(Cl)c1Cl. The number of nitrogen functional groups attached to an aromatic ring is 1. The highest BCUT2D eigenvalue weighted by Crippen LogP contribution is 2.34. The van der Waals surface area contributed by atoms with Crippen molar-refractivity contribution >= 4 is 40.5 Å². The molecule has 0 bridgehead atoms. The lowest BCUT2D eigenvalue weighted by Gasteiger charge is -2.02.